The average molecular weight is 444 g/mol. The molecule has 0 saturated carbocycles. The standard InChI is InChI=1S/C24H27ClN2O4/c1-28-20-7-4-17(12-22(20)29-2)10-11-26-14-18-5-8-21(23(13-18)30-3)31-16-19-6-9-24(25)27-15-19/h4-9,12-13,15,26H,10-11,14,16H2,1-3H3/p+1. The van der Waals surface area contributed by atoms with Crippen LogP contribution in [0.3, 0.4) is 0 Å². The number of ether oxygens (including phenoxy) is 4. The molecule has 0 atom stereocenters. The number of pyridine rings is 1. The SMILES string of the molecule is COc1ccc(CC[NH2+]Cc2ccc(OCc3ccc(Cl)nc3)c(OC)c2)cc1OC. The van der Waals surface area contributed by atoms with Gasteiger partial charge in [0.1, 0.15) is 18.3 Å². The summed E-state index contributed by atoms with van der Waals surface area (Å²) in [4.78, 5) is 4.07. The molecule has 2 aromatic carbocycles. The first-order valence-corrected chi connectivity index (χ1v) is 10.4. The predicted molar refractivity (Wildman–Crippen MR) is 120 cm³/mol. The van der Waals surface area contributed by atoms with Gasteiger partial charge in [0.2, 0.25) is 0 Å². The van der Waals surface area contributed by atoms with Crippen LogP contribution in [0.4, 0.5) is 0 Å². The molecule has 0 bridgehead atoms. The fourth-order valence-electron chi connectivity index (χ4n) is 3.18. The van der Waals surface area contributed by atoms with E-state index in [2.05, 4.69) is 22.4 Å². The highest BCUT2D eigenvalue weighted by Gasteiger charge is 2.09. The Hall–Kier alpha value is -2.96. The molecule has 0 unspecified atom stereocenters. The highest BCUT2D eigenvalue weighted by atomic mass is 35.5. The van der Waals surface area contributed by atoms with Gasteiger partial charge < -0.3 is 24.3 Å². The summed E-state index contributed by atoms with van der Waals surface area (Å²) in [6.45, 7) is 2.21. The van der Waals surface area contributed by atoms with Crippen LogP contribution in [0.25, 0.3) is 0 Å². The van der Waals surface area contributed by atoms with Crippen LogP contribution >= 0.6 is 11.6 Å². The van der Waals surface area contributed by atoms with Gasteiger partial charge in [-0.15, -0.1) is 0 Å². The molecule has 31 heavy (non-hydrogen) atoms. The summed E-state index contributed by atoms with van der Waals surface area (Å²) in [7, 11) is 4.95. The molecular formula is C24H28ClN2O4+. The monoisotopic (exact) mass is 443 g/mol. The van der Waals surface area contributed by atoms with Gasteiger partial charge in [0.15, 0.2) is 23.0 Å². The molecule has 0 aliphatic heterocycles. The summed E-state index contributed by atoms with van der Waals surface area (Å²) < 4.78 is 22.1. The minimum Gasteiger partial charge on any atom is -0.493 e. The smallest absolute Gasteiger partial charge is 0.161 e. The fraction of sp³-hybridized carbons (Fsp3) is 0.292. The van der Waals surface area contributed by atoms with Gasteiger partial charge in [-0.05, 0) is 42.0 Å². The van der Waals surface area contributed by atoms with Crippen LogP contribution in [-0.4, -0.2) is 32.9 Å². The summed E-state index contributed by atoms with van der Waals surface area (Å²) in [5.41, 5.74) is 3.33. The molecule has 0 aliphatic rings. The van der Waals surface area contributed by atoms with Gasteiger partial charge in [0.05, 0.1) is 27.9 Å². The zero-order chi connectivity index (χ0) is 22.1. The predicted octanol–water partition coefficient (Wildman–Crippen LogP) is 3.65. The largest absolute Gasteiger partial charge is 0.493 e. The summed E-state index contributed by atoms with van der Waals surface area (Å²) in [6, 6.07) is 15.7. The van der Waals surface area contributed by atoms with Crippen molar-refractivity contribution >= 4 is 11.6 Å². The number of hydrogen-bond donors (Lipinski definition) is 1. The molecule has 1 aromatic heterocycles. The van der Waals surface area contributed by atoms with E-state index in [1.54, 1.807) is 33.6 Å². The van der Waals surface area contributed by atoms with Crippen LogP contribution in [-0.2, 0) is 19.6 Å². The molecule has 164 valence electrons. The van der Waals surface area contributed by atoms with E-state index in [9.17, 15) is 0 Å². The Balaban J connectivity index is 1.51. The molecule has 0 radical (unpaired) electrons. The van der Waals surface area contributed by atoms with Crippen LogP contribution in [0.15, 0.2) is 54.7 Å². The molecule has 0 spiro atoms. The Morgan fingerprint density at radius 1 is 0.774 bits per heavy atom. The van der Waals surface area contributed by atoms with Gasteiger partial charge in [-0.2, -0.15) is 0 Å². The van der Waals surface area contributed by atoms with E-state index in [1.165, 1.54) is 11.1 Å². The average Bonchev–Trinajstić information content (AvgIpc) is 2.81. The van der Waals surface area contributed by atoms with E-state index < -0.39 is 0 Å². The molecule has 1 heterocycles. The summed E-state index contributed by atoms with van der Waals surface area (Å²) in [5, 5.41) is 2.74. The van der Waals surface area contributed by atoms with Gasteiger partial charge in [0, 0.05) is 23.7 Å². The van der Waals surface area contributed by atoms with Crippen LogP contribution in [0.1, 0.15) is 16.7 Å². The lowest BCUT2D eigenvalue weighted by molar-refractivity contribution is -0.670. The van der Waals surface area contributed by atoms with E-state index in [1.807, 2.05) is 30.3 Å². The normalized spacial score (nSPS) is 10.6. The highest BCUT2D eigenvalue weighted by molar-refractivity contribution is 6.29. The number of hydrogen-bond acceptors (Lipinski definition) is 5. The Labute approximate surface area is 188 Å². The van der Waals surface area contributed by atoms with Gasteiger partial charge in [-0.3, -0.25) is 0 Å². The summed E-state index contributed by atoms with van der Waals surface area (Å²) in [5.74, 6) is 2.92. The number of rotatable bonds is 11. The second-order valence-electron chi connectivity index (χ2n) is 6.98. The van der Waals surface area contributed by atoms with Crippen molar-refractivity contribution < 1.29 is 24.3 Å². The molecule has 2 N–H and O–H groups in total. The van der Waals surface area contributed by atoms with Gasteiger partial charge in [0.25, 0.3) is 0 Å². The quantitative estimate of drug-likeness (QED) is 0.362. The number of nitrogens with two attached hydrogens (primary N) is 1. The minimum absolute atomic E-state index is 0.400. The topological polar surface area (TPSA) is 66.4 Å². The Morgan fingerprint density at radius 2 is 1.42 bits per heavy atom. The van der Waals surface area contributed by atoms with Crippen molar-refractivity contribution in [1.82, 2.24) is 4.98 Å². The third-order valence-corrected chi connectivity index (χ3v) is 5.10. The zero-order valence-corrected chi connectivity index (χ0v) is 18.8. The van der Waals surface area contributed by atoms with Crippen LogP contribution < -0.4 is 24.3 Å². The molecular weight excluding hydrogens is 416 g/mol. The molecule has 0 amide bonds. The fourth-order valence-corrected chi connectivity index (χ4v) is 3.30. The highest BCUT2D eigenvalue weighted by Crippen LogP contribution is 2.29. The lowest BCUT2D eigenvalue weighted by Crippen LogP contribution is -2.83. The first kappa shape index (κ1) is 22.7. The summed E-state index contributed by atoms with van der Waals surface area (Å²) >= 11 is 5.82. The van der Waals surface area contributed by atoms with Gasteiger partial charge in [-0.1, -0.05) is 23.7 Å². The lowest BCUT2D eigenvalue weighted by atomic mass is 10.1. The van der Waals surface area contributed by atoms with E-state index >= 15 is 0 Å². The maximum absolute atomic E-state index is 5.89. The first-order chi connectivity index (χ1) is 15.1. The Morgan fingerprint density at radius 3 is 2.13 bits per heavy atom. The van der Waals surface area contributed by atoms with Gasteiger partial charge in [-0.25, -0.2) is 4.98 Å². The maximum atomic E-state index is 5.89. The third kappa shape index (κ3) is 6.51. The second-order valence-corrected chi connectivity index (χ2v) is 7.37. The number of aromatic nitrogens is 1. The van der Waals surface area contributed by atoms with Gasteiger partial charge >= 0.3 is 0 Å². The van der Waals surface area contributed by atoms with E-state index in [-0.39, 0.29) is 0 Å². The molecule has 3 aromatic rings. The number of benzene rings is 2. The summed E-state index contributed by atoms with van der Waals surface area (Å²) in [6.07, 6.45) is 2.64. The molecule has 0 saturated heterocycles. The van der Waals surface area contributed by atoms with Crippen LogP contribution in [0.5, 0.6) is 23.0 Å². The Kier molecular flexibility index (Phi) is 8.38. The second kappa shape index (κ2) is 11.4. The van der Waals surface area contributed by atoms with E-state index in [0.717, 1.165) is 36.6 Å². The van der Waals surface area contributed by atoms with Crippen LogP contribution in [0, 0.1) is 0 Å². The number of nitrogens with zero attached hydrogens (tertiary/aromatic N) is 1. The number of quaternary nitrogens is 1. The minimum atomic E-state index is 0.400. The van der Waals surface area contributed by atoms with Crippen molar-refractivity contribution in [2.24, 2.45) is 0 Å². The molecule has 0 aliphatic carbocycles. The molecule has 0 fully saturated rings. The van der Waals surface area contributed by atoms with E-state index in [4.69, 9.17) is 30.5 Å². The van der Waals surface area contributed by atoms with Crippen molar-refractivity contribution in [3.05, 3.63) is 76.6 Å². The first-order valence-electron chi connectivity index (χ1n) is 10.1. The van der Waals surface area contributed by atoms with Crippen molar-refractivity contribution in [3.8, 4) is 23.0 Å². The van der Waals surface area contributed by atoms with Crippen molar-refractivity contribution in [1.29, 1.82) is 0 Å². The molecule has 3 rings (SSSR count). The number of halogens is 1. The van der Waals surface area contributed by atoms with Crippen molar-refractivity contribution in [3.63, 3.8) is 0 Å². The Bertz CT molecular complexity index is 980. The maximum Gasteiger partial charge on any atom is 0.161 e. The van der Waals surface area contributed by atoms with Crippen molar-refractivity contribution in [2.75, 3.05) is 27.9 Å². The number of methoxy groups -OCH3 is 3. The molecule has 6 nitrogen and oxygen atoms in total. The molecule has 7 heteroatoms. The van der Waals surface area contributed by atoms with Crippen LogP contribution in [0.2, 0.25) is 5.15 Å². The third-order valence-electron chi connectivity index (χ3n) is 4.88. The van der Waals surface area contributed by atoms with Crippen molar-refractivity contribution in [2.45, 2.75) is 19.6 Å². The van der Waals surface area contributed by atoms with E-state index in [0.29, 0.717) is 23.3 Å². The zero-order valence-electron chi connectivity index (χ0n) is 18.1. The lowest BCUT2D eigenvalue weighted by Gasteiger charge is -2.12.